The molecule has 1 saturated heterocycles. The van der Waals surface area contributed by atoms with Gasteiger partial charge in [-0.05, 0) is 24.7 Å². The zero-order chi connectivity index (χ0) is 9.90. The zero-order valence-electron chi connectivity index (χ0n) is 9.05. The van der Waals surface area contributed by atoms with Gasteiger partial charge < -0.3 is 9.84 Å². The van der Waals surface area contributed by atoms with Crippen LogP contribution in [0.5, 0.6) is 0 Å². The summed E-state index contributed by atoms with van der Waals surface area (Å²) in [7, 11) is 0. The molecule has 0 aromatic rings. The van der Waals surface area contributed by atoms with Crippen molar-refractivity contribution in [3.8, 4) is 0 Å². The molecule has 1 N–H and O–H groups in total. The Bertz CT molecular complexity index is 143. The third-order valence-electron chi connectivity index (χ3n) is 2.56. The fourth-order valence-electron chi connectivity index (χ4n) is 1.86. The van der Waals surface area contributed by atoms with Crippen LogP contribution in [0.2, 0.25) is 0 Å². The molecular formula is C11H22O2. The van der Waals surface area contributed by atoms with Crippen LogP contribution in [0.1, 0.15) is 40.0 Å². The highest BCUT2D eigenvalue weighted by molar-refractivity contribution is 4.76. The van der Waals surface area contributed by atoms with Crippen LogP contribution in [-0.4, -0.2) is 24.4 Å². The van der Waals surface area contributed by atoms with E-state index in [-0.39, 0.29) is 11.5 Å². The molecule has 0 aromatic carbocycles. The van der Waals surface area contributed by atoms with Gasteiger partial charge in [-0.15, -0.1) is 0 Å². The lowest BCUT2D eigenvalue weighted by Crippen LogP contribution is -2.32. The molecule has 2 nitrogen and oxygen atoms in total. The van der Waals surface area contributed by atoms with E-state index < -0.39 is 0 Å². The molecule has 0 aliphatic carbocycles. The Kier molecular flexibility index (Phi) is 3.74. The number of aliphatic hydroxyl groups excluding tert-OH is 1. The normalized spacial score (nSPS) is 27.2. The first kappa shape index (κ1) is 11.0. The van der Waals surface area contributed by atoms with Crippen LogP contribution in [0.15, 0.2) is 0 Å². The number of aliphatic hydroxyl groups is 1. The second-order valence-corrected chi connectivity index (χ2v) is 5.31. The zero-order valence-corrected chi connectivity index (χ0v) is 9.05. The van der Waals surface area contributed by atoms with Gasteiger partial charge in [-0.2, -0.15) is 0 Å². The van der Waals surface area contributed by atoms with E-state index in [4.69, 9.17) is 4.74 Å². The number of hydrogen-bond donors (Lipinski definition) is 1. The number of ether oxygens (including phenoxy) is 1. The summed E-state index contributed by atoms with van der Waals surface area (Å²) in [5, 5.41) is 9.93. The minimum Gasteiger partial charge on any atom is -0.393 e. The maximum absolute atomic E-state index is 9.93. The summed E-state index contributed by atoms with van der Waals surface area (Å²) in [6, 6.07) is 0. The second-order valence-electron chi connectivity index (χ2n) is 5.31. The average Bonchev–Trinajstić information content (AvgIpc) is 2.03. The van der Waals surface area contributed by atoms with E-state index in [1.807, 2.05) is 0 Å². The highest BCUT2D eigenvalue weighted by Gasteiger charge is 2.26. The molecule has 0 bridgehead atoms. The molecular weight excluding hydrogens is 164 g/mol. The minimum atomic E-state index is -0.180. The Morgan fingerprint density at radius 1 is 1.46 bits per heavy atom. The van der Waals surface area contributed by atoms with Gasteiger partial charge in [-0.25, -0.2) is 0 Å². The Morgan fingerprint density at radius 2 is 2.15 bits per heavy atom. The first-order valence-electron chi connectivity index (χ1n) is 5.25. The lowest BCUT2D eigenvalue weighted by Gasteiger charge is -2.30. The SMILES string of the molecule is CC(C)(C)CC(O)C1CCCOC1. The van der Waals surface area contributed by atoms with Gasteiger partial charge in [-0.3, -0.25) is 0 Å². The summed E-state index contributed by atoms with van der Waals surface area (Å²) < 4.78 is 5.36. The highest BCUT2D eigenvalue weighted by atomic mass is 16.5. The molecule has 78 valence electrons. The van der Waals surface area contributed by atoms with E-state index in [9.17, 15) is 5.11 Å². The summed E-state index contributed by atoms with van der Waals surface area (Å²) in [4.78, 5) is 0. The molecule has 0 radical (unpaired) electrons. The van der Waals surface area contributed by atoms with Crippen LogP contribution >= 0.6 is 0 Å². The van der Waals surface area contributed by atoms with Crippen LogP contribution in [0, 0.1) is 11.3 Å². The fraction of sp³-hybridized carbons (Fsp3) is 1.00. The van der Waals surface area contributed by atoms with E-state index in [1.54, 1.807) is 0 Å². The third kappa shape index (κ3) is 4.10. The van der Waals surface area contributed by atoms with E-state index in [1.165, 1.54) is 0 Å². The topological polar surface area (TPSA) is 29.5 Å². The van der Waals surface area contributed by atoms with Crippen molar-refractivity contribution in [3.63, 3.8) is 0 Å². The maximum atomic E-state index is 9.93. The minimum absolute atomic E-state index is 0.180. The Hall–Kier alpha value is -0.0800. The predicted molar refractivity (Wildman–Crippen MR) is 53.6 cm³/mol. The van der Waals surface area contributed by atoms with Gasteiger partial charge >= 0.3 is 0 Å². The summed E-state index contributed by atoms with van der Waals surface area (Å²) in [6.07, 6.45) is 2.92. The Balaban J connectivity index is 2.33. The van der Waals surface area contributed by atoms with Crippen LogP contribution in [0.25, 0.3) is 0 Å². The molecule has 13 heavy (non-hydrogen) atoms. The van der Waals surface area contributed by atoms with E-state index in [0.29, 0.717) is 5.92 Å². The smallest absolute Gasteiger partial charge is 0.0595 e. The van der Waals surface area contributed by atoms with Crippen molar-refractivity contribution in [2.45, 2.75) is 46.1 Å². The molecule has 0 spiro atoms. The third-order valence-corrected chi connectivity index (χ3v) is 2.56. The largest absolute Gasteiger partial charge is 0.393 e. The van der Waals surface area contributed by atoms with Crippen molar-refractivity contribution in [2.75, 3.05) is 13.2 Å². The Morgan fingerprint density at radius 3 is 2.62 bits per heavy atom. The molecule has 0 saturated carbocycles. The molecule has 1 aliphatic rings. The number of rotatable bonds is 2. The molecule has 1 aliphatic heterocycles. The summed E-state index contributed by atoms with van der Waals surface area (Å²) in [6.45, 7) is 8.12. The molecule has 1 rings (SSSR count). The van der Waals surface area contributed by atoms with Gasteiger partial charge in [0, 0.05) is 12.5 Å². The van der Waals surface area contributed by atoms with E-state index in [2.05, 4.69) is 20.8 Å². The van der Waals surface area contributed by atoms with Crippen LogP contribution in [0.4, 0.5) is 0 Å². The van der Waals surface area contributed by atoms with Crippen LogP contribution < -0.4 is 0 Å². The van der Waals surface area contributed by atoms with Crippen LogP contribution in [0.3, 0.4) is 0 Å². The van der Waals surface area contributed by atoms with Crippen molar-refractivity contribution in [1.29, 1.82) is 0 Å². The van der Waals surface area contributed by atoms with Gasteiger partial charge in [0.15, 0.2) is 0 Å². The van der Waals surface area contributed by atoms with Crippen molar-refractivity contribution < 1.29 is 9.84 Å². The molecule has 2 atom stereocenters. The molecule has 1 heterocycles. The molecule has 2 unspecified atom stereocenters. The van der Waals surface area contributed by atoms with Gasteiger partial charge in [-0.1, -0.05) is 20.8 Å². The van der Waals surface area contributed by atoms with Crippen molar-refractivity contribution in [3.05, 3.63) is 0 Å². The maximum Gasteiger partial charge on any atom is 0.0595 e. The van der Waals surface area contributed by atoms with Gasteiger partial charge in [0.2, 0.25) is 0 Å². The first-order chi connectivity index (χ1) is 5.99. The van der Waals surface area contributed by atoms with Gasteiger partial charge in [0.05, 0.1) is 12.7 Å². The first-order valence-corrected chi connectivity index (χ1v) is 5.25. The van der Waals surface area contributed by atoms with Gasteiger partial charge in [0.1, 0.15) is 0 Å². The summed E-state index contributed by atoms with van der Waals surface area (Å²) in [5.41, 5.74) is 0.219. The lowest BCUT2D eigenvalue weighted by atomic mass is 9.83. The van der Waals surface area contributed by atoms with Crippen molar-refractivity contribution in [2.24, 2.45) is 11.3 Å². The summed E-state index contributed by atoms with van der Waals surface area (Å²) in [5.74, 6) is 0.368. The van der Waals surface area contributed by atoms with E-state index in [0.717, 1.165) is 32.5 Å². The molecule has 0 aromatic heterocycles. The lowest BCUT2D eigenvalue weighted by molar-refractivity contribution is -0.0230. The van der Waals surface area contributed by atoms with Gasteiger partial charge in [0.25, 0.3) is 0 Å². The van der Waals surface area contributed by atoms with Crippen molar-refractivity contribution in [1.82, 2.24) is 0 Å². The van der Waals surface area contributed by atoms with Crippen LogP contribution in [-0.2, 0) is 4.74 Å². The summed E-state index contributed by atoms with van der Waals surface area (Å²) >= 11 is 0. The molecule has 0 amide bonds. The predicted octanol–water partition coefficient (Wildman–Crippen LogP) is 2.21. The Labute approximate surface area is 81.3 Å². The number of hydrogen-bond acceptors (Lipinski definition) is 2. The second kappa shape index (κ2) is 4.43. The standard InChI is InChI=1S/C11H22O2/c1-11(2,3)7-10(12)9-5-4-6-13-8-9/h9-10,12H,4-8H2,1-3H3. The van der Waals surface area contributed by atoms with Crippen molar-refractivity contribution >= 4 is 0 Å². The quantitative estimate of drug-likeness (QED) is 0.716. The average molecular weight is 186 g/mol. The van der Waals surface area contributed by atoms with E-state index >= 15 is 0 Å². The highest BCUT2D eigenvalue weighted by Crippen LogP contribution is 2.27. The monoisotopic (exact) mass is 186 g/mol. The molecule has 1 fully saturated rings. The molecule has 2 heteroatoms. The fourth-order valence-corrected chi connectivity index (χ4v) is 1.86.